The zero-order chi connectivity index (χ0) is 11.8. The second kappa shape index (κ2) is 4.45. The number of carbonyl (C=O) groups excluding carboxylic acids is 1. The van der Waals surface area contributed by atoms with Crippen molar-refractivity contribution in [1.82, 2.24) is 10.2 Å². The third kappa shape index (κ3) is 2.25. The van der Waals surface area contributed by atoms with Crippen LogP contribution in [0.1, 0.15) is 44.9 Å². The number of rotatable bonds is 2. The zero-order valence-corrected chi connectivity index (χ0v) is 10.6. The molecule has 2 heterocycles. The van der Waals surface area contributed by atoms with Gasteiger partial charge in [-0.2, -0.15) is 0 Å². The lowest BCUT2D eigenvalue weighted by Crippen LogP contribution is -2.54. The standard InChI is InChI=1S/C14H22N2O/c1-16-12-3-2-4-13(16)8-11(7-12)15-10-5-6-14(17)9-10/h9,11-13,15H,2-8H2,1H3. The highest BCUT2D eigenvalue weighted by Gasteiger charge is 2.36. The van der Waals surface area contributed by atoms with Gasteiger partial charge in [-0.15, -0.1) is 0 Å². The normalized spacial score (nSPS) is 38.1. The summed E-state index contributed by atoms with van der Waals surface area (Å²) >= 11 is 0. The van der Waals surface area contributed by atoms with Crippen molar-refractivity contribution >= 4 is 5.78 Å². The Morgan fingerprint density at radius 2 is 1.94 bits per heavy atom. The summed E-state index contributed by atoms with van der Waals surface area (Å²) in [6.45, 7) is 0. The quantitative estimate of drug-likeness (QED) is 0.791. The fraction of sp³-hybridized carbons (Fsp3) is 0.786. The average molecular weight is 234 g/mol. The maximum Gasteiger partial charge on any atom is 0.157 e. The molecule has 2 bridgehead atoms. The number of ketones is 1. The van der Waals surface area contributed by atoms with Crippen molar-refractivity contribution in [3.8, 4) is 0 Å². The van der Waals surface area contributed by atoms with E-state index in [9.17, 15) is 4.79 Å². The largest absolute Gasteiger partial charge is 0.385 e. The number of nitrogens with one attached hydrogen (secondary N) is 1. The molecule has 0 aromatic carbocycles. The highest BCUT2D eigenvalue weighted by atomic mass is 16.1. The monoisotopic (exact) mass is 234 g/mol. The molecule has 2 fully saturated rings. The van der Waals surface area contributed by atoms with E-state index in [1.165, 1.54) is 37.8 Å². The van der Waals surface area contributed by atoms with Gasteiger partial charge in [-0.05, 0) is 39.2 Å². The summed E-state index contributed by atoms with van der Waals surface area (Å²) in [4.78, 5) is 13.8. The van der Waals surface area contributed by atoms with Gasteiger partial charge < -0.3 is 10.2 Å². The van der Waals surface area contributed by atoms with Crippen molar-refractivity contribution in [2.75, 3.05) is 7.05 Å². The summed E-state index contributed by atoms with van der Waals surface area (Å²) in [6.07, 6.45) is 10.0. The SMILES string of the molecule is CN1C2CCCC1CC(NC1=CC(=O)CC1)C2. The van der Waals surface area contributed by atoms with Crippen LogP contribution < -0.4 is 5.32 Å². The minimum Gasteiger partial charge on any atom is -0.385 e. The molecular formula is C14H22N2O. The Labute approximate surface area is 103 Å². The molecule has 0 aromatic rings. The number of piperidine rings is 2. The molecule has 2 saturated heterocycles. The molecule has 0 radical (unpaired) electrons. The fourth-order valence-electron chi connectivity index (χ4n) is 3.71. The lowest BCUT2D eigenvalue weighted by atomic mass is 9.82. The smallest absolute Gasteiger partial charge is 0.157 e. The maximum atomic E-state index is 11.2. The summed E-state index contributed by atoms with van der Waals surface area (Å²) < 4.78 is 0. The summed E-state index contributed by atoms with van der Waals surface area (Å²) in [5.41, 5.74) is 1.18. The Morgan fingerprint density at radius 1 is 1.24 bits per heavy atom. The number of carbonyl (C=O) groups is 1. The van der Waals surface area contributed by atoms with Crippen molar-refractivity contribution in [1.29, 1.82) is 0 Å². The van der Waals surface area contributed by atoms with E-state index in [0.29, 0.717) is 18.2 Å². The van der Waals surface area contributed by atoms with E-state index in [0.717, 1.165) is 18.5 Å². The third-order valence-corrected chi connectivity index (χ3v) is 4.71. The summed E-state index contributed by atoms with van der Waals surface area (Å²) in [5.74, 6) is 0.292. The number of nitrogens with zero attached hydrogens (tertiary/aromatic N) is 1. The van der Waals surface area contributed by atoms with Gasteiger partial charge in [0.05, 0.1) is 0 Å². The second-order valence-electron chi connectivity index (χ2n) is 5.85. The lowest BCUT2D eigenvalue weighted by molar-refractivity contribution is -0.114. The van der Waals surface area contributed by atoms with Gasteiger partial charge in [0.2, 0.25) is 0 Å². The van der Waals surface area contributed by atoms with Gasteiger partial charge in [-0.1, -0.05) is 6.42 Å². The van der Waals surface area contributed by atoms with Gasteiger partial charge in [0.25, 0.3) is 0 Å². The van der Waals surface area contributed by atoms with E-state index in [1.807, 2.05) is 6.08 Å². The molecule has 2 atom stereocenters. The molecule has 94 valence electrons. The molecular weight excluding hydrogens is 212 g/mol. The van der Waals surface area contributed by atoms with Crippen molar-refractivity contribution in [3.05, 3.63) is 11.8 Å². The van der Waals surface area contributed by atoms with Gasteiger partial charge in [0.15, 0.2) is 5.78 Å². The van der Waals surface area contributed by atoms with Crippen LogP contribution in [0.3, 0.4) is 0 Å². The molecule has 0 spiro atoms. The highest BCUT2D eigenvalue weighted by molar-refractivity contribution is 5.92. The minimum atomic E-state index is 0.292. The summed E-state index contributed by atoms with van der Waals surface area (Å²) in [5, 5.41) is 3.61. The van der Waals surface area contributed by atoms with E-state index >= 15 is 0 Å². The first-order valence-corrected chi connectivity index (χ1v) is 6.94. The van der Waals surface area contributed by atoms with Crippen LogP contribution in [0.5, 0.6) is 0 Å². The maximum absolute atomic E-state index is 11.2. The van der Waals surface area contributed by atoms with Crippen LogP contribution in [0, 0.1) is 0 Å². The van der Waals surface area contributed by atoms with E-state index in [2.05, 4.69) is 17.3 Å². The van der Waals surface area contributed by atoms with Crippen molar-refractivity contribution < 1.29 is 4.79 Å². The van der Waals surface area contributed by atoms with E-state index in [-0.39, 0.29) is 0 Å². The molecule has 2 unspecified atom stereocenters. The van der Waals surface area contributed by atoms with Crippen LogP contribution in [0.15, 0.2) is 11.8 Å². The van der Waals surface area contributed by atoms with Crippen molar-refractivity contribution in [2.45, 2.75) is 63.1 Å². The molecule has 0 saturated carbocycles. The number of allylic oxidation sites excluding steroid dienone is 2. The number of fused-ring (bicyclic) bond motifs is 2. The summed E-state index contributed by atoms with van der Waals surface area (Å²) in [7, 11) is 2.28. The molecule has 0 aromatic heterocycles. The highest BCUT2D eigenvalue weighted by Crippen LogP contribution is 2.33. The minimum absolute atomic E-state index is 0.292. The lowest BCUT2D eigenvalue weighted by Gasteiger charge is -2.47. The Bertz CT molecular complexity index is 336. The Kier molecular flexibility index (Phi) is 2.95. The van der Waals surface area contributed by atoms with Crippen LogP contribution >= 0.6 is 0 Å². The Hall–Kier alpha value is -0.830. The van der Waals surface area contributed by atoms with Gasteiger partial charge in [-0.3, -0.25) is 4.79 Å². The van der Waals surface area contributed by atoms with Gasteiger partial charge in [0.1, 0.15) is 0 Å². The first-order chi connectivity index (χ1) is 8.22. The molecule has 3 rings (SSSR count). The number of hydrogen-bond donors (Lipinski definition) is 1. The first-order valence-electron chi connectivity index (χ1n) is 6.94. The van der Waals surface area contributed by atoms with Crippen LogP contribution in [0.25, 0.3) is 0 Å². The molecule has 1 aliphatic carbocycles. The molecule has 17 heavy (non-hydrogen) atoms. The first kappa shape index (κ1) is 11.3. The van der Waals surface area contributed by atoms with Crippen LogP contribution in [-0.4, -0.2) is 35.9 Å². The topological polar surface area (TPSA) is 32.3 Å². The molecule has 3 nitrogen and oxygen atoms in total. The molecule has 2 aliphatic heterocycles. The van der Waals surface area contributed by atoms with Crippen LogP contribution in [0.4, 0.5) is 0 Å². The van der Waals surface area contributed by atoms with Crippen molar-refractivity contribution in [2.24, 2.45) is 0 Å². The fourth-order valence-corrected chi connectivity index (χ4v) is 3.71. The van der Waals surface area contributed by atoms with E-state index < -0.39 is 0 Å². The Balaban J connectivity index is 1.62. The zero-order valence-electron chi connectivity index (χ0n) is 10.6. The third-order valence-electron chi connectivity index (χ3n) is 4.71. The molecule has 3 aliphatic rings. The predicted molar refractivity (Wildman–Crippen MR) is 67.7 cm³/mol. The van der Waals surface area contributed by atoms with Gasteiger partial charge in [-0.25, -0.2) is 0 Å². The summed E-state index contributed by atoms with van der Waals surface area (Å²) in [6, 6.07) is 2.12. The van der Waals surface area contributed by atoms with E-state index in [1.54, 1.807) is 0 Å². The van der Waals surface area contributed by atoms with Crippen LogP contribution in [0.2, 0.25) is 0 Å². The van der Waals surface area contributed by atoms with E-state index in [4.69, 9.17) is 0 Å². The number of hydrogen-bond acceptors (Lipinski definition) is 3. The van der Waals surface area contributed by atoms with Gasteiger partial charge >= 0.3 is 0 Å². The van der Waals surface area contributed by atoms with Crippen molar-refractivity contribution in [3.63, 3.8) is 0 Å². The average Bonchev–Trinajstić information content (AvgIpc) is 2.66. The van der Waals surface area contributed by atoms with Gasteiger partial charge in [0, 0.05) is 36.3 Å². The molecule has 0 amide bonds. The molecule has 3 heteroatoms. The Morgan fingerprint density at radius 3 is 2.53 bits per heavy atom. The second-order valence-corrected chi connectivity index (χ2v) is 5.85. The predicted octanol–water partition coefficient (Wildman–Crippen LogP) is 1.84. The molecule has 1 N–H and O–H groups in total. The van der Waals surface area contributed by atoms with Crippen LogP contribution in [-0.2, 0) is 4.79 Å².